The minimum absolute atomic E-state index is 0.0555. The Hall–Kier alpha value is -1.52. The van der Waals surface area contributed by atoms with E-state index in [1.165, 1.54) is 12.1 Å². The van der Waals surface area contributed by atoms with Crippen molar-refractivity contribution in [1.82, 2.24) is 0 Å². The Morgan fingerprint density at radius 3 is 2.67 bits per heavy atom. The molecule has 2 rings (SSSR count). The van der Waals surface area contributed by atoms with Gasteiger partial charge in [-0.05, 0) is 52.3 Å². The molecule has 0 radical (unpaired) electrons. The molecule has 0 aromatic heterocycles. The number of anilines is 1. The van der Waals surface area contributed by atoms with Gasteiger partial charge in [-0.1, -0.05) is 17.7 Å². The van der Waals surface area contributed by atoms with E-state index in [2.05, 4.69) is 21.2 Å². The molecule has 3 nitrogen and oxygen atoms in total. The first-order valence-electron chi connectivity index (χ1n) is 5.12. The molecule has 5 heteroatoms. The number of nitrogens with one attached hydrogen (secondary N) is 1. The van der Waals surface area contributed by atoms with E-state index in [-0.39, 0.29) is 11.7 Å². The molecule has 0 fully saturated rings. The van der Waals surface area contributed by atoms with Gasteiger partial charge in [0.05, 0.1) is 5.02 Å². The van der Waals surface area contributed by atoms with Crippen LogP contribution < -0.4 is 5.32 Å². The molecule has 0 aliphatic heterocycles. The second-order valence-electron chi connectivity index (χ2n) is 3.63. The van der Waals surface area contributed by atoms with Gasteiger partial charge < -0.3 is 10.4 Å². The third kappa shape index (κ3) is 3.03. The zero-order valence-electron chi connectivity index (χ0n) is 9.15. The molecule has 1 amide bonds. The lowest BCUT2D eigenvalue weighted by Crippen LogP contribution is -2.11. The van der Waals surface area contributed by atoms with E-state index in [0.29, 0.717) is 20.7 Å². The van der Waals surface area contributed by atoms with E-state index >= 15 is 0 Å². The summed E-state index contributed by atoms with van der Waals surface area (Å²) in [7, 11) is 0. The summed E-state index contributed by atoms with van der Waals surface area (Å²) in [5.41, 5.74) is 1.01. The molecular weight excluding hydrogens is 318 g/mol. The number of benzene rings is 2. The van der Waals surface area contributed by atoms with Crippen molar-refractivity contribution in [3.8, 4) is 5.75 Å². The molecule has 0 saturated heterocycles. The molecule has 92 valence electrons. The maximum atomic E-state index is 11.9. The van der Waals surface area contributed by atoms with E-state index < -0.39 is 0 Å². The first-order chi connectivity index (χ1) is 8.56. The molecule has 0 atom stereocenters. The zero-order valence-corrected chi connectivity index (χ0v) is 11.5. The Morgan fingerprint density at radius 1 is 1.22 bits per heavy atom. The molecule has 2 aromatic rings. The molecule has 2 N–H and O–H groups in total. The summed E-state index contributed by atoms with van der Waals surface area (Å²) in [5, 5.41) is 12.6. The Kier molecular flexibility index (Phi) is 3.89. The smallest absolute Gasteiger partial charge is 0.255 e. The van der Waals surface area contributed by atoms with Crippen LogP contribution in [0.5, 0.6) is 5.75 Å². The molecule has 0 aliphatic rings. The van der Waals surface area contributed by atoms with Crippen LogP contribution in [0.1, 0.15) is 10.4 Å². The predicted octanol–water partition coefficient (Wildman–Crippen LogP) is 4.06. The van der Waals surface area contributed by atoms with E-state index in [4.69, 9.17) is 11.6 Å². The highest BCUT2D eigenvalue weighted by Gasteiger charge is 2.07. The number of phenolic OH excluding ortho intramolecular Hbond substituents is 1. The van der Waals surface area contributed by atoms with Crippen LogP contribution in [0.15, 0.2) is 46.9 Å². The number of halogens is 2. The van der Waals surface area contributed by atoms with Gasteiger partial charge >= 0.3 is 0 Å². The number of rotatable bonds is 2. The lowest BCUT2D eigenvalue weighted by molar-refractivity contribution is 0.102. The Bertz CT molecular complexity index is 601. The van der Waals surface area contributed by atoms with Crippen LogP contribution in [0, 0.1) is 0 Å². The molecule has 2 aromatic carbocycles. The van der Waals surface area contributed by atoms with Gasteiger partial charge in [0.1, 0.15) is 5.75 Å². The molecule has 0 saturated carbocycles. The Labute approximate surface area is 118 Å². The molecule has 0 heterocycles. The highest BCUT2D eigenvalue weighted by molar-refractivity contribution is 9.10. The van der Waals surface area contributed by atoms with Gasteiger partial charge in [-0.25, -0.2) is 0 Å². The number of carbonyl (C=O) groups is 1. The van der Waals surface area contributed by atoms with Crippen LogP contribution in [-0.4, -0.2) is 11.0 Å². The Balaban J connectivity index is 2.18. The number of phenols is 1. The minimum Gasteiger partial charge on any atom is -0.508 e. The van der Waals surface area contributed by atoms with Crippen LogP contribution >= 0.6 is 27.5 Å². The van der Waals surface area contributed by atoms with E-state index in [1.807, 2.05) is 0 Å². The summed E-state index contributed by atoms with van der Waals surface area (Å²) in [5.74, 6) is -0.236. The van der Waals surface area contributed by atoms with Crippen molar-refractivity contribution in [1.29, 1.82) is 0 Å². The van der Waals surface area contributed by atoms with Crippen molar-refractivity contribution < 1.29 is 9.90 Å². The summed E-state index contributed by atoms with van der Waals surface area (Å²) >= 11 is 9.14. The molecule has 0 unspecified atom stereocenters. The average Bonchev–Trinajstić information content (AvgIpc) is 2.34. The van der Waals surface area contributed by atoms with Crippen LogP contribution in [0.25, 0.3) is 0 Å². The van der Waals surface area contributed by atoms with Crippen molar-refractivity contribution in [3.05, 3.63) is 57.5 Å². The van der Waals surface area contributed by atoms with Crippen LogP contribution in [0.2, 0.25) is 5.02 Å². The quantitative estimate of drug-likeness (QED) is 0.874. The molecule has 0 aliphatic carbocycles. The maximum Gasteiger partial charge on any atom is 0.255 e. The van der Waals surface area contributed by atoms with Gasteiger partial charge in [0.15, 0.2) is 0 Å². The molecule has 0 spiro atoms. The second kappa shape index (κ2) is 5.42. The number of hydrogen-bond donors (Lipinski definition) is 2. The number of aromatic hydroxyl groups is 1. The third-order valence-electron chi connectivity index (χ3n) is 2.29. The minimum atomic E-state index is -0.292. The lowest BCUT2D eigenvalue weighted by atomic mass is 10.2. The topological polar surface area (TPSA) is 49.3 Å². The van der Waals surface area contributed by atoms with E-state index in [1.54, 1.807) is 30.3 Å². The first kappa shape index (κ1) is 12.9. The fourth-order valence-corrected chi connectivity index (χ4v) is 1.92. The summed E-state index contributed by atoms with van der Waals surface area (Å²) in [4.78, 5) is 11.9. The van der Waals surface area contributed by atoms with Gasteiger partial charge in [0, 0.05) is 15.7 Å². The second-order valence-corrected chi connectivity index (χ2v) is 4.89. The van der Waals surface area contributed by atoms with Crippen molar-refractivity contribution in [3.63, 3.8) is 0 Å². The fraction of sp³-hybridized carbons (Fsp3) is 0. The number of carbonyl (C=O) groups excluding carboxylic acids is 1. The molecule has 0 bridgehead atoms. The van der Waals surface area contributed by atoms with Crippen LogP contribution in [-0.2, 0) is 0 Å². The maximum absolute atomic E-state index is 11.9. The van der Waals surface area contributed by atoms with Gasteiger partial charge in [-0.15, -0.1) is 0 Å². The first-order valence-corrected chi connectivity index (χ1v) is 6.29. The lowest BCUT2D eigenvalue weighted by Gasteiger charge is -2.06. The summed E-state index contributed by atoms with van der Waals surface area (Å²) in [6, 6.07) is 11.2. The van der Waals surface area contributed by atoms with E-state index in [0.717, 1.165) is 0 Å². The van der Waals surface area contributed by atoms with Gasteiger partial charge in [0.2, 0.25) is 0 Å². The average molecular weight is 327 g/mol. The van der Waals surface area contributed by atoms with Gasteiger partial charge in [0.25, 0.3) is 5.91 Å². The standard InChI is InChI=1S/C13H9BrClNO2/c14-11-7-9(4-5-12(11)15)16-13(18)8-2-1-3-10(17)6-8/h1-7,17H,(H,16,18). The fourth-order valence-electron chi connectivity index (χ4n) is 1.42. The van der Waals surface area contributed by atoms with Gasteiger partial charge in [-0.2, -0.15) is 0 Å². The predicted molar refractivity (Wildman–Crippen MR) is 75.2 cm³/mol. The normalized spacial score (nSPS) is 10.1. The summed E-state index contributed by atoms with van der Waals surface area (Å²) in [6.45, 7) is 0. The molecule has 18 heavy (non-hydrogen) atoms. The van der Waals surface area contributed by atoms with Crippen molar-refractivity contribution in [2.45, 2.75) is 0 Å². The van der Waals surface area contributed by atoms with Crippen molar-refractivity contribution in [2.24, 2.45) is 0 Å². The largest absolute Gasteiger partial charge is 0.508 e. The number of hydrogen-bond acceptors (Lipinski definition) is 2. The highest BCUT2D eigenvalue weighted by Crippen LogP contribution is 2.25. The zero-order chi connectivity index (χ0) is 13.1. The molecular formula is C13H9BrClNO2. The highest BCUT2D eigenvalue weighted by atomic mass is 79.9. The van der Waals surface area contributed by atoms with Crippen LogP contribution in [0.3, 0.4) is 0 Å². The SMILES string of the molecule is O=C(Nc1ccc(Cl)c(Br)c1)c1cccc(O)c1. The van der Waals surface area contributed by atoms with Gasteiger partial charge in [-0.3, -0.25) is 4.79 Å². The van der Waals surface area contributed by atoms with Crippen LogP contribution in [0.4, 0.5) is 5.69 Å². The van der Waals surface area contributed by atoms with E-state index in [9.17, 15) is 9.90 Å². The van der Waals surface area contributed by atoms with Crippen molar-refractivity contribution in [2.75, 3.05) is 5.32 Å². The monoisotopic (exact) mass is 325 g/mol. The van der Waals surface area contributed by atoms with Crippen molar-refractivity contribution >= 4 is 39.1 Å². The summed E-state index contributed by atoms with van der Waals surface area (Å²) in [6.07, 6.45) is 0. The number of amides is 1. The third-order valence-corrected chi connectivity index (χ3v) is 3.50. The Morgan fingerprint density at radius 2 is 2.00 bits per heavy atom. The summed E-state index contributed by atoms with van der Waals surface area (Å²) < 4.78 is 0.706.